The maximum absolute atomic E-state index is 6.41. The van der Waals surface area contributed by atoms with Crippen molar-refractivity contribution in [1.82, 2.24) is 0 Å². The molecule has 0 N–H and O–H groups in total. The van der Waals surface area contributed by atoms with Gasteiger partial charge in [0, 0.05) is 33.6 Å². The van der Waals surface area contributed by atoms with Crippen LogP contribution in [0.3, 0.4) is 0 Å². The summed E-state index contributed by atoms with van der Waals surface area (Å²) in [5.41, 5.74) is 11.1. The molecule has 1 aromatic heterocycles. The van der Waals surface area contributed by atoms with Gasteiger partial charge in [-0.25, -0.2) is 0 Å². The Morgan fingerprint density at radius 3 is 1.73 bits per heavy atom. The Morgan fingerprint density at radius 1 is 0.367 bits per heavy atom. The van der Waals surface area contributed by atoms with E-state index in [1.165, 1.54) is 43.8 Å². The predicted molar refractivity (Wildman–Crippen MR) is 207 cm³/mol. The van der Waals surface area contributed by atoms with Gasteiger partial charge in [0.2, 0.25) is 0 Å². The Bertz CT molecular complexity index is 2610. The van der Waals surface area contributed by atoms with Crippen LogP contribution < -0.4 is 4.90 Å². The Hall–Kier alpha value is -6.38. The van der Waals surface area contributed by atoms with E-state index in [9.17, 15) is 0 Å². The first-order valence-corrected chi connectivity index (χ1v) is 16.8. The van der Waals surface area contributed by atoms with Gasteiger partial charge in [0.15, 0.2) is 0 Å². The number of para-hydroxylation sites is 1. The quantitative estimate of drug-likeness (QED) is 0.171. The molecule has 232 valence electrons. The smallest absolute Gasteiger partial charge is 0.138 e. The van der Waals surface area contributed by atoms with Crippen LogP contribution in [0.15, 0.2) is 186 Å². The van der Waals surface area contributed by atoms with E-state index in [0.717, 1.165) is 44.9 Å². The monoisotopic (exact) mass is 627 g/mol. The third kappa shape index (κ3) is 5.24. The number of benzene rings is 8. The average Bonchev–Trinajstić information content (AvgIpc) is 3.51. The van der Waals surface area contributed by atoms with Crippen molar-refractivity contribution in [1.29, 1.82) is 0 Å². The van der Waals surface area contributed by atoms with Gasteiger partial charge in [-0.15, -0.1) is 0 Å². The van der Waals surface area contributed by atoms with Crippen molar-refractivity contribution in [2.45, 2.75) is 6.92 Å². The van der Waals surface area contributed by atoms with Crippen molar-refractivity contribution in [3.05, 3.63) is 188 Å². The van der Waals surface area contributed by atoms with Crippen molar-refractivity contribution < 1.29 is 4.42 Å². The average molecular weight is 628 g/mol. The second-order valence-electron chi connectivity index (χ2n) is 12.6. The number of hydrogen-bond donors (Lipinski definition) is 0. The van der Waals surface area contributed by atoms with E-state index in [4.69, 9.17) is 4.42 Å². The maximum atomic E-state index is 6.41. The first kappa shape index (κ1) is 28.8. The van der Waals surface area contributed by atoms with E-state index in [-0.39, 0.29) is 0 Å². The van der Waals surface area contributed by atoms with Gasteiger partial charge >= 0.3 is 0 Å². The highest BCUT2D eigenvalue weighted by Gasteiger charge is 2.17. The van der Waals surface area contributed by atoms with E-state index in [1.54, 1.807) is 0 Å². The van der Waals surface area contributed by atoms with Crippen molar-refractivity contribution >= 4 is 49.6 Å². The van der Waals surface area contributed by atoms with E-state index < -0.39 is 0 Å². The lowest BCUT2D eigenvalue weighted by Gasteiger charge is -2.26. The summed E-state index contributed by atoms with van der Waals surface area (Å²) in [7, 11) is 0. The minimum atomic E-state index is 0.903. The Morgan fingerprint density at radius 2 is 0.939 bits per heavy atom. The van der Waals surface area contributed by atoms with Gasteiger partial charge in [0.05, 0.1) is 0 Å². The van der Waals surface area contributed by atoms with Gasteiger partial charge in [-0.1, -0.05) is 133 Å². The van der Waals surface area contributed by atoms with Gasteiger partial charge in [0.25, 0.3) is 0 Å². The molecule has 0 radical (unpaired) electrons. The fourth-order valence-corrected chi connectivity index (χ4v) is 7.13. The number of hydrogen-bond acceptors (Lipinski definition) is 2. The Kier molecular flexibility index (Phi) is 7.06. The highest BCUT2D eigenvalue weighted by molar-refractivity contribution is 6.08. The van der Waals surface area contributed by atoms with Crippen LogP contribution in [0.5, 0.6) is 0 Å². The lowest BCUT2D eigenvalue weighted by Crippen LogP contribution is -2.10. The minimum Gasteiger partial charge on any atom is -0.456 e. The van der Waals surface area contributed by atoms with Crippen LogP contribution in [0.4, 0.5) is 17.1 Å². The van der Waals surface area contributed by atoms with Crippen molar-refractivity contribution in [2.75, 3.05) is 4.90 Å². The number of furan rings is 1. The third-order valence-corrected chi connectivity index (χ3v) is 9.63. The topological polar surface area (TPSA) is 16.4 Å². The van der Waals surface area contributed by atoms with Gasteiger partial charge in [0.1, 0.15) is 11.3 Å². The van der Waals surface area contributed by atoms with Crippen LogP contribution in [0.1, 0.15) is 5.56 Å². The molecule has 8 aromatic carbocycles. The summed E-state index contributed by atoms with van der Waals surface area (Å²) in [6.07, 6.45) is 0. The first-order chi connectivity index (χ1) is 24.2. The first-order valence-electron chi connectivity index (χ1n) is 16.8. The predicted octanol–water partition coefficient (Wildman–Crippen LogP) is 13.5. The molecule has 0 spiro atoms. The molecule has 0 fully saturated rings. The molecule has 0 aliphatic carbocycles. The number of rotatable bonds is 6. The molecule has 0 saturated carbocycles. The molecule has 0 saturated heterocycles. The molecule has 9 aromatic rings. The molecular weight excluding hydrogens is 595 g/mol. The fourth-order valence-electron chi connectivity index (χ4n) is 7.13. The lowest BCUT2D eigenvalue weighted by atomic mass is 9.97. The molecule has 0 unspecified atom stereocenters. The van der Waals surface area contributed by atoms with Crippen molar-refractivity contribution in [3.63, 3.8) is 0 Å². The fraction of sp³-hybridized carbons (Fsp3) is 0.0213. The van der Waals surface area contributed by atoms with Crippen LogP contribution in [0.2, 0.25) is 0 Å². The number of anilines is 3. The van der Waals surface area contributed by atoms with Crippen LogP contribution in [0.25, 0.3) is 66.1 Å². The molecule has 0 aliphatic heterocycles. The Labute approximate surface area is 286 Å². The molecule has 2 heteroatoms. The lowest BCUT2D eigenvalue weighted by molar-refractivity contribution is 0.629. The molecule has 0 aliphatic rings. The summed E-state index contributed by atoms with van der Waals surface area (Å²) in [6.45, 7) is 2.14. The van der Waals surface area contributed by atoms with Crippen molar-refractivity contribution in [3.8, 4) is 33.6 Å². The number of fused-ring (bicyclic) bond motifs is 4. The molecule has 0 bridgehead atoms. The highest BCUT2D eigenvalue weighted by atomic mass is 16.3. The summed E-state index contributed by atoms with van der Waals surface area (Å²) in [6, 6.07) is 65.1. The largest absolute Gasteiger partial charge is 0.456 e. The van der Waals surface area contributed by atoms with E-state index in [0.29, 0.717) is 0 Å². The molecular formula is C47H33NO. The summed E-state index contributed by atoms with van der Waals surface area (Å²) in [4.78, 5) is 2.34. The SMILES string of the molecule is Cc1c(-c2cccc(N(c3ccc(-c4ccc5c(ccc6ccccc65)c4)cc3)c3cccc(-c4ccccc4)c3)c2)oc2ccccc12. The van der Waals surface area contributed by atoms with Crippen LogP contribution in [-0.2, 0) is 0 Å². The van der Waals surface area contributed by atoms with Crippen LogP contribution >= 0.6 is 0 Å². The van der Waals surface area contributed by atoms with E-state index in [1.807, 2.05) is 12.1 Å². The molecule has 49 heavy (non-hydrogen) atoms. The summed E-state index contributed by atoms with van der Waals surface area (Å²) in [5.74, 6) is 0.903. The molecule has 2 nitrogen and oxygen atoms in total. The van der Waals surface area contributed by atoms with Crippen LogP contribution in [-0.4, -0.2) is 0 Å². The standard InChI is InChI=1S/C47H33NO/c1-32-43-18-7-8-20-46(43)49-47(32)39-15-10-17-42(31-39)48(41-16-9-14-36(30-41)33-11-3-2-4-12-33)40-26-23-34(24-27-40)37-25-28-45-38(29-37)22-21-35-13-5-6-19-44(35)45/h2-31H,1H3. The maximum Gasteiger partial charge on any atom is 0.138 e. The number of aryl methyl sites for hydroxylation is 1. The molecule has 0 amide bonds. The number of nitrogens with zero attached hydrogens (tertiary/aromatic N) is 1. The Balaban J connectivity index is 1.14. The van der Waals surface area contributed by atoms with Gasteiger partial charge in [-0.05, 0) is 99.3 Å². The zero-order valence-electron chi connectivity index (χ0n) is 27.2. The zero-order chi connectivity index (χ0) is 32.7. The van der Waals surface area contributed by atoms with Gasteiger partial charge < -0.3 is 9.32 Å². The molecule has 1 heterocycles. The molecule has 0 atom stereocenters. The second kappa shape index (κ2) is 12.0. The molecule has 9 rings (SSSR count). The van der Waals surface area contributed by atoms with Gasteiger partial charge in [-0.2, -0.15) is 0 Å². The minimum absolute atomic E-state index is 0.903. The van der Waals surface area contributed by atoms with Crippen LogP contribution in [0, 0.1) is 6.92 Å². The second-order valence-corrected chi connectivity index (χ2v) is 12.6. The normalized spacial score (nSPS) is 11.4. The summed E-state index contributed by atoms with van der Waals surface area (Å²) >= 11 is 0. The zero-order valence-corrected chi connectivity index (χ0v) is 27.2. The third-order valence-electron chi connectivity index (χ3n) is 9.63. The summed E-state index contributed by atoms with van der Waals surface area (Å²) in [5, 5.41) is 6.23. The van der Waals surface area contributed by atoms with E-state index in [2.05, 4.69) is 182 Å². The van der Waals surface area contributed by atoms with Gasteiger partial charge in [-0.3, -0.25) is 0 Å². The highest BCUT2D eigenvalue weighted by Crippen LogP contribution is 2.41. The van der Waals surface area contributed by atoms with Crippen molar-refractivity contribution in [2.24, 2.45) is 0 Å². The van der Waals surface area contributed by atoms with E-state index >= 15 is 0 Å². The summed E-state index contributed by atoms with van der Waals surface area (Å²) < 4.78 is 6.41.